The molecule has 0 N–H and O–H groups in total. The SMILES string of the molecule is CCC[Si](OCC)(OC(C)c1ccccc1)C1(CC)OCCCO1. The van der Waals surface area contributed by atoms with Gasteiger partial charge >= 0.3 is 8.56 Å². The summed E-state index contributed by atoms with van der Waals surface area (Å²) in [6, 6.07) is 11.2. The van der Waals surface area contributed by atoms with E-state index in [4.69, 9.17) is 18.3 Å². The molecule has 0 amide bonds. The molecule has 2 atom stereocenters. The Labute approximate surface area is 147 Å². The normalized spacial score (nSPS) is 21.2. The van der Waals surface area contributed by atoms with Crippen LogP contribution in [0.1, 0.15) is 58.6 Å². The topological polar surface area (TPSA) is 36.9 Å². The fourth-order valence-corrected chi connectivity index (χ4v) is 7.59. The maximum atomic E-state index is 6.71. The van der Waals surface area contributed by atoms with E-state index in [0.29, 0.717) is 19.8 Å². The zero-order valence-corrected chi connectivity index (χ0v) is 16.5. The van der Waals surface area contributed by atoms with Crippen molar-refractivity contribution in [3.8, 4) is 0 Å². The Kier molecular flexibility index (Phi) is 7.44. The Bertz CT molecular complexity index is 468. The first-order valence-electron chi connectivity index (χ1n) is 9.27. The molecule has 0 saturated carbocycles. The van der Waals surface area contributed by atoms with Gasteiger partial charge in [-0.1, -0.05) is 50.6 Å². The number of rotatable bonds is 9. The fraction of sp³-hybridized carbons (Fsp3) is 0.684. The quantitative estimate of drug-likeness (QED) is 0.602. The van der Waals surface area contributed by atoms with Crippen LogP contribution >= 0.6 is 0 Å². The van der Waals surface area contributed by atoms with Crippen molar-refractivity contribution in [1.29, 1.82) is 0 Å². The molecule has 0 spiro atoms. The van der Waals surface area contributed by atoms with Gasteiger partial charge in [-0.3, -0.25) is 0 Å². The lowest BCUT2D eigenvalue weighted by Gasteiger charge is -2.48. The highest BCUT2D eigenvalue weighted by atomic mass is 28.4. The van der Waals surface area contributed by atoms with E-state index in [1.165, 1.54) is 0 Å². The lowest BCUT2D eigenvalue weighted by Crippen LogP contribution is -2.67. The standard InChI is InChI=1S/C19H32O4Si/c1-5-16-24(22-7-3,19(6-2)20-14-11-15-21-19)23-17(4)18-12-9-8-10-13-18/h8-10,12-13,17H,5-7,11,14-16H2,1-4H3. The van der Waals surface area contributed by atoms with Gasteiger partial charge in [0.05, 0.1) is 19.3 Å². The molecule has 0 aromatic heterocycles. The van der Waals surface area contributed by atoms with E-state index in [2.05, 4.69) is 32.9 Å². The number of hydrogen-bond acceptors (Lipinski definition) is 4. The Balaban J connectivity index is 2.34. The van der Waals surface area contributed by atoms with Crippen LogP contribution < -0.4 is 0 Å². The first-order chi connectivity index (χ1) is 11.6. The summed E-state index contributed by atoms with van der Waals surface area (Å²) in [5.74, 6) is 0. The second kappa shape index (κ2) is 9.11. The number of ether oxygens (including phenoxy) is 2. The van der Waals surface area contributed by atoms with Gasteiger partial charge in [-0.05, 0) is 31.9 Å². The van der Waals surface area contributed by atoms with Gasteiger partial charge in [0.2, 0.25) is 5.41 Å². The molecule has 1 fully saturated rings. The lowest BCUT2D eigenvalue weighted by molar-refractivity contribution is -0.241. The van der Waals surface area contributed by atoms with E-state index in [0.717, 1.165) is 30.9 Å². The summed E-state index contributed by atoms with van der Waals surface area (Å²) < 4.78 is 25.5. The largest absolute Gasteiger partial charge is 0.400 e. The summed E-state index contributed by atoms with van der Waals surface area (Å²) in [6.07, 6.45) is 2.62. The van der Waals surface area contributed by atoms with Crippen molar-refractivity contribution in [2.45, 2.75) is 64.5 Å². The Hall–Kier alpha value is -0.723. The van der Waals surface area contributed by atoms with Gasteiger partial charge in [0.15, 0.2) is 0 Å². The number of hydrogen-bond donors (Lipinski definition) is 0. The zero-order valence-electron chi connectivity index (χ0n) is 15.5. The third-order valence-corrected chi connectivity index (χ3v) is 9.05. The molecule has 4 nitrogen and oxygen atoms in total. The fourth-order valence-electron chi connectivity index (χ4n) is 3.46. The van der Waals surface area contributed by atoms with Crippen LogP contribution in [0.4, 0.5) is 0 Å². The van der Waals surface area contributed by atoms with Crippen LogP contribution in [0.5, 0.6) is 0 Å². The molecule has 0 bridgehead atoms. The third kappa shape index (κ3) is 4.08. The second-order valence-corrected chi connectivity index (χ2v) is 9.56. The molecule has 2 unspecified atom stereocenters. The summed E-state index contributed by atoms with van der Waals surface area (Å²) in [4.78, 5) is 0. The van der Waals surface area contributed by atoms with E-state index in [1.807, 2.05) is 25.1 Å². The summed E-state index contributed by atoms with van der Waals surface area (Å²) >= 11 is 0. The van der Waals surface area contributed by atoms with Crippen LogP contribution in [-0.2, 0) is 18.3 Å². The van der Waals surface area contributed by atoms with E-state index >= 15 is 0 Å². The Morgan fingerprint density at radius 2 is 1.79 bits per heavy atom. The first kappa shape index (κ1) is 19.6. The highest BCUT2D eigenvalue weighted by Gasteiger charge is 2.60. The average molecular weight is 353 g/mol. The lowest BCUT2D eigenvalue weighted by atomic mass is 10.1. The predicted octanol–water partition coefficient (Wildman–Crippen LogP) is 4.74. The van der Waals surface area contributed by atoms with Gasteiger partial charge in [-0.15, -0.1) is 0 Å². The molecular formula is C19H32O4Si. The highest BCUT2D eigenvalue weighted by molar-refractivity contribution is 6.70. The molecule has 1 heterocycles. The van der Waals surface area contributed by atoms with Crippen molar-refractivity contribution in [1.82, 2.24) is 0 Å². The molecule has 5 heteroatoms. The molecule has 1 aromatic carbocycles. The van der Waals surface area contributed by atoms with Crippen molar-refractivity contribution in [3.05, 3.63) is 35.9 Å². The molecule has 2 rings (SSSR count). The van der Waals surface area contributed by atoms with Gasteiger partial charge in [0.25, 0.3) is 0 Å². The van der Waals surface area contributed by atoms with Crippen LogP contribution in [0.3, 0.4) is 0 Å². The Morgan fingerprint density at radius 1 is 1.12 bits per heavy atom. The molecule has 0 aliphatic carbocycles. The Morgan fingerprint density at radius 3 is 2.33 bits per heavy atom. The van der Waals surface area contributed by atoms with Gasteiger partial charge < -0.3 is 18.3 Å². The van der Waals surface area contributed by atoms with Crippen molar-refractivity contribution >= 4 is 8.56 Å². The maximum Gasteiger partial charge on any atom is 0.400 e. The highest BCUT2D eigenvalue weighted by Crippen LogP contribution is 2.40. The average Bonchev–Trinajstić information content (AvgIpc) is 2.63. The molecule has 1 saturated heterocycles. The second-order valence-electron chi connectivity index (χ2n) is 6.26. The van der Waals surface area contributed by atoms with Gasteiger partial charge in [-0.2, -0.15) is 0 Å². The predicted molar refractivity (Wildman–Crippen MR) is 98.0 cm³/mol. The van der Waals surface area contributed by atoms with Gasteiger partial charge in [0, 0.05) is 13.0 Å². The van der Waals surface area contributed by atoms with Crippen molar-refractivity contribution in [2.24, 2.45) is 0 Å². The van der Waals surface area contributed by atoms with E-state index in [1.54, 1.807) is 0 Å². The third-order valence-electron chi connectivity index (χ3n) is 4.60. The van der Waals surface area contributed by atoms with Crippen molar-refractivity contribution in [2.75, 3.05) is 19.8 Å². The molecule has 1 aliphatic heterocycles. The van der Waals surface area contributed by atoms with Crippen molar-refractivity contribution < 1.29 is 18.3 Å². The zero-order chi connectivity index (χ0) is 17.5. The van der Waals surface area contributed by atoms with E-state index in [9.17, 15) is 0 Å². The maximum absolute atomic E-state index is 6.71. The van der Waals surface area contributed by atoms with Gasteiger partial charge in [-0.25, -0.2) is 0 Å². The smallest absolute Gasteiger partial charge is 0.391 e. The molecular weight excluding hydrogens is 320 g/mol. The van der Waals surface area contributed by atoms with E-state index in [-0.39, 0.29) is 6.10 Å². The summed E-state index contributed by atoms with van der Waals surface area (Å²) in [7, 11) is -2.74. The summed E-state index contributed by atoms with van der Waals surface area (Å²) in [5, 5.41) is 0. The van der Waals surface area contributed by atoms with Crippen LogP contribution in [0.15, 0.2) is 30.3 Å². The van der Waals surface area contributed by atoms with Crippen molar-refractivity contribution in [3.63, 3.8) is 0 Å². The minimum Gasteiger partial charge on any atom is -0.391 e. The van der Waals surface area contributed by atoms with Gasteiger partial charge in [0.1, 0.15) is 0 Å². The van der Waals surface area contributed by atoms with Crippen LogP contribution in [-0.4, -0.2) is 33.8 Å². The monoisotopic (exact) mass is 352 g/mol. The minimum atomic E-state index is -2.74. The summed E-state index contributed by atoms with van der Waals surface area (Å²) in [6.45, 7) is 10.4. The van der Waals surface area contributed by atoms with Crippen LogP contribution in [0, 0.1) is 0 Å². The van der Waals surface area contributed by atoms with Crippen LogP contribution in [0.2, 0.25) is 6.04 Å². The molecule has 1 aromatic rings. The molecule has 1 aliphatic rings. The summed E-state index contributed by atoms with van der Waals surface area (Å²) in [5.41, 5.74) is 0.451. The van der Waals surface area contributed by atoms with Crippen LogP contribution in [0.25, 0.3) is 0 Å². The molecule has 136 valence electrons. The van der Waals surface area contributed by atoms with E-state index < -0.39 is 14.0 Å². The minimum absolute atomic E-state index is 0.0477. The number of benzene rings is 1. The molecule has 24 heavy (non-hydrogen) atoms. The first-order valence-corrected chi connectivity index (χ1v) is 11.3. The molecule has 0 radical (unpaired) electrons.